The zero-order valence-electron chi connectivity index (χ0n) is 14.5. The number of aliphatic carboxylic acids is 1. The Morgan fingerprint density at radius 1 is 1.17 bits per heavy atom. The first-order chi connectivity index (χ1) is 11.4. The van der Waals surface area contributed by atoms with Crippen molar-refractivity contribution in [2.24, 2.45) is 0 Å². The molecule has 1 rings (SSSR count). The topological polar surface area (TPSA) is 107 Å². The van der Waals surface area contributed by atoms with Crippen LogP contribution in [-0.4, -0.2) is 56.9 Å². The first kappa shape index (κ1) is 21.1. The number of unbranched alkanes of at least 4 members (excludes halogenated alkanes) is 4. The van der Waals surface area contributed by atoms with Gasteiger partial charge in [-0.3, -0.25) is 4.79 Å². The molecule has 0 aliphatic carbocycles. The van der Waals surface area contributed by atoms with Gasteiger partial charge in [0, 0.05) is 12.8 Å². The molecule has 140 valence electrons. The number of aliphatic hydroxyl groups is 3. The first-order valence-corrected chi connectivity index (χ1v) is 9.03. The van der Waals surface area contributed by atoms with Crippen molar-refractivity contribution in [3.63, 3.8) is 0 Å². The molecule has 6 heteroatoms. The van der Waals surface area contributed by atoms with Crippen molar-refractivity contribution in [1.82, 2.24) is 0 Å². The summed E-state index contributed by atoms with van der Waals surface area (Å²) in [5.41, 5.74) is 0. The highest BCUT2D eigenvalue weighted by molar-refractivity contribution is 5.66. The van der Waals surface area contributed by atoms with Gasteiger partial charge in [-0.15, -0.1) is 0 Å². The van der Waals surface area contributed by atoms with Crippen LogP contribution in [0.25, 0.3) is 0 Å². The van der Waals surface area contributed by atoms with Gasteiger partial charge in [0.15, 0.2) is 0 Å². The lowest BCUT2D eigenvalue weighted by molar-refractivity contribution is -0.137. The van der Waals surface area contributed by atoms with Crippen molar-refractivity contribution < 1.29 is 30.0 Å². The molecular formula is C18H32O6. The predicted octanol–water partition coefficient (Wildman–Crippen LogP) is 2.01. The zero-order chi connectivity index (χ0) is 17.9. The molecule has 1 aliphatic rings. The minimum Gasteiger partial charge on any atom is -0.481 e. The van der Waals surface area contributed by atoms with E-state index >= 15 is 0 Å². The Labute approximate surface area is 144 Å². The number of ether oxygens (including phenoxy) is 1. The highest BCUT2D eigenvalue weighted by Gasteiger charge is 2.35. The molecule has 1 fully saturated rings. The van der Waals surface area contributed by atoms with Gasteiger partial charge in [-0.1, -0.05) is 44.8 Å². The van der Waals surface area contributed by atoms with Crippen molar-refractivity contribution in [3.8, 4) is 0 Å². The van der Waals surface area contributed by atoms with E-state index < -0.39 is 30.4 Å². The molecule has 0 aromatic heterocycles. The summed E-state index contributed by atoms with van der Waals surface area (Å²) < 4.78 is 5.60. The van der Waals surface area contributed by atoms with Crippen molar-refractivity contribution in [2.75, 3.05) is 0 Å². The molecule has 5 atom stereocenters. The molecule has 0 bridgehead atoms. The van der Waals surface area contributed by atoms with Gasteiger partial charge in [-0.05, 0) is 19.3 Å². The maximum atomic E-state index is 10.4. The number of carbonyl (C=O) groups is 1. The fraction of sp³-hybridized carbons (Fsp3) is 0.833. The smallest absolute Gasteiger partial charge is 0.303 e. The van der Waals surface area contributed by atoms with Crippen molar-refractivity contribution in [1.29, 1.82) is 0 Å². The van der Waals surface area contributed by atoms with Gasteiger partial charge < -0.3 is 25.2 Å². The Bertz CT molecular complexity index is 384. The largest absolute Gasteiger partial charge is 0.481 e. The number of rotatable bonds is 12. The van der Waals surface area contributed by atoms with Crippen molar-refractivity contribution in [2.45, 2.75) is 95.2 Å². The predicted molar refractivity (Wildman–Crippen MR) is 90.7 cm³/mol. The third kappa shape index (κ3) is 8.24. The van der Waals surface area contributed by atoms with E-state index in [4.69, 9.17) is 9.84 Å². The third-order valence-electron chi connectivity index (χ3n) is 4.46. The Morgan fingerprint density at radius 2 is 1.83 bits per heavy atom. The molecule has 1 aliphatic heterocycles. The number of carboxylic acid groups (broad SMARTS) is 1. The number of hydrogen-bond acceptors (Lipinski definition) is 5. The van der Waals surface area contributed by atoms with Gasteiger partial charge in [0.05, 0.1) is 30.5 Å². The summed E-state index contributed by atoms with van der Waals surface area (Å²) in [6.07, 6.45) is 6.92. The van der Waals surface area contributed by atoms with Gasteiger partial charge in [0.2, 0.25) is 0 Å². The van der Waals surface area contributed by atoms with Crippen LogP contribution in [0.1, 0.15) is 64.7 Å². The zero-order valence-corrected chi connectivity index (χ0v) is 14.5. The molecule has 1 saturated heterocycles. The lowest BCUT2D eigenvalue weighted by Gasteiger charge is -2.16. The number of hydrogen-bond donors (Lipinski definition) is 4. The molecule has 24 heavy (non-hydrogen) atoms. The van der Waals surface area contributed by atoms with Crippen LogP contribution in [0, 0.1) is 0 Å². The van der Waals surface area contributed by atoms with E-state index in [1.54, 1.807) is 12.2 Å². The molecule has 0 aromatic rings. The molecule has 6 nitrogen and oxygen atoms in total. The Hall–Kier alpha value is -0.950. The molecule has 0 aromatic carbocycles. The second-order valence-corrected chi connectivity index (χ2v) is 6.57. The van der Waals surface area contributed by atoms with Crippen LogP contribution in [0.5, 0.6) is 0 Å². The molecule has 0 spiro atoms. The SMILES string of the molecule is CC[C@H]1O[C@@H]([C@@H](O)/C=C/[C@@H](O)CCCCCCCC(=O)O)C[C@H]1O. The van der Waals surface area contributed by atoms with Crippen LogP contribution in [0.2, 0.25) is 0 Å². The average Bonchev–Trinajstić information content (AvgIpc) is 2.92. The van der Waals surface area contributed by atoms with Gasteiger partial charge in [0.1, 0.15) is 0 Å². The monoisotopic (exact) mass is 344 g/mol. The van der Waals surface area contributed by atoms with Crippen molar-refractivity contribution in [3.05, 3.63) is 12.2 Å². The van der Waals surface area contributed by atoms with E-state index in [0.717, 1.165) is 25.7 Å². The van der Waals surface area contributed by atoms with Gasteiger partial charge in [-0.2, -0.15) is 0 Å². The minimum atomic E-state index is -0.818. The van der Waals surface area contributed by atoms with E-state index in [1.165, 1.54) is 0 Å². The summed E-state index contributed by atoms with van der Waals surface area (Å²) in [4.78, 5) is 10.4. The minimum absolute atomic E-state index is 0.218. The van der Waals surface area contributed by atoms with E-state index in [9.17, 15) is 20.1 Å². The Morgan fingerprint density at radius 3 is 2.46 bits per heavy atom. The van der Waals surface area contributed by atoms with Crippen LogP contribution in [0.4, 0.5) is 0 Å². The third-order valence-corrected chi connectivity index (χ3v) is 4.46. The summed E-state index contributed by atoms with van der Waals surface area (Å²) >= 11 is 0. The van der Waals surface area contributed by atoms with Crippen LogP contribution in [0.15, 0.2) is 12.2 Å². The second kappa shape index (κ2) is 11.6. The van der Waals surface area contributed by atoms with Gasteiger partial charge >= 0.3 is 5.97 Å². The van der Waals surface area contributed by atoms with Crippen LogP contribution < -0.4 is 0 Å². The lowest BCUT2D eigenvalue weighted by Crippen LogP contribution is -2.24. The van der Waals surface area contributed by atoms with E-state index in [1.807, 2.05) is 6.92 Å². The fourth-order valence-electron chi connectivity index (χ4n) is 2.97. The van der Waals surface area contributed by atoms with E-state index in [0.29, 0.717) is 25.7 Å². The quantitative estimate of drug-likeness (QED) is 0.319. The van der Waals surface area contributed by atoms with Crippen molar-refractivity contribution >= 4 is 5.97 Å². The highest BCUT2D eigenvalue weighted by atomic mass is 16.5. The maximum absolute atomic E-state index is 10.4. The van der Waals surface area contributed by atoms with E-state index in [-0.39, 0.29) is 12.5 Å². The normalized spacial score (nSPS) is 26.8. The molecule has 0 saturated carbocycles. The maximum Gasteiger partial charge on any atom is 0.303 e. The molecule has 0 unspecified atom stereocenters. The molecule has 0 amide bonds. The second-order valence-electron chi connectivity index (χ2n) is 6.57. The van der Waals surface area contributed by atoms with E-state index in [2.05, 4.69) is 0 Å². The van der Waals surface area contributed by atoms with Gasteiger partial charge in [-0.25, -0.2) is 0 Å². The molecular weight excluding hydrogens is 312 g/mol. The summed E-state index contributed by atoms with van der Waals surface area (Å²) in [5, 5.41) is 38.3. The lowest BCUT2D eigenvalue weighted by atomic mass is 10.0. The fourth-order valence-corrected chi connectivity index (χ4v) is 2.97. The standard InChI is InChI=1S/C18H32O6/c1-2-16-15(21)12-17(24-16)14(20)11-10-13(19)8-6-4-3-5-7-9-18(22)23/h10-11,13-17,19-21H,2-9,12H2,1H3,(H,22,23)/b11-10+/t13-,14-,15+,16+,17+/m0/s1. The first-order valence-electron chi connectivity index (χ1n) is 9.03. The number of carboxylic acids is 1. The van der Waals surface area contributed by atoms with Crippen LogP contribution in [-0.2, 0) is 9.53 Å². The average molecular weight is 344 g/mol. The summed E-state index contributed by atoms with van der Waals surface area (Å²) in [6, 6.07) is 0. The molecule has 1 heterocycles. The summed E-state index contributed by atoms with van der Waals surface area (Å²) in [7, 11) is 0. The Balaban J connectivity index is 2.12. The molecule has 0 radical (unpaired) electrons. The van der Waals surface area contributed by atoms with Crippen LogP contribution in [0.3, 0.4) is 0 Å². The summed E-state index contributed by atoms with van der Waals surface area (Å²) in [5.74, 6) is -0.752. The van der Waals surface area contributed by atoms with Gasteiger partial charge in [0.25, 0.3) is 0 Å². The number of aliphatic hydroxyl groups excluding tert-OH is 3. The summed E-state index contributed by atoms with van der Waals surface area (Å²) in [6.45, 7) is 1.93. The van der Waals surface area contributed by atoms with Crippen LogP contribution >= 0.6 is 0 Å². The highest BCUT2D eigenvalue weighted by Crippen LogP contribution is 2.25. The Kier molecular flexibility index (Phi) is 10.2. The molecule has 4 N–H and O–H groups in total.